The van der Waals surface area contributed by atoms with Crippen LogP contribution in [0.3, 0.4) is 0 Å². The fourth-order valence-corrected chi connectivity index (χ4v) is 4.41. The number of hydrogen-bond donors (Lipinski definition) is 1. The van der Waals surface area contributed by atoms with Crippen LogP contribution in [0.2, 0.25) is 0 Å². The van der Waals surface area contributed by atoms with Crippen LogP contribution in [0.1, 0.15) is 41.7 Å². The van der Waals surface area contributed by atoms with Gasteiger partial charge < -0.3 is 14.8 Å². The Labute approximate surface area is 158 Å². The molecule has 8 heteroatoms. The van der Waals surface area contributed by atoms with E-state index in [0.717, 1.165) is 44.5 Å². The van der Waals surface area contributed by atoms with Gasteiger partial charge >= 0.3 is 0 Å². The number of hydrogen-bond acceptors (Lipinski definition) is 4. The Hall–Kier alpha value is -2.64. The number of imidazole rings is 1. The minimum absolute atomic E-state index is 0.0119. The number of nitrogens with one attached hydrogen (secondary N) is 1. The van der Waals surface area contributed by atoms with E-state index in [9.17, 15) is 9.59 Å². The van der Waals surface area contributed by atoms with Crippen molar-refractivity contribution in [2.45, 2.75) is 32.1 Å². The molecular formula is C19H26N6O2. The number of rotatable bonds is 4. The molecule has 0 saturated carbocycles. The molecular weight excluding hydrogens is 344 g/mol. The van der Waals surface area contributed by atoms with Gasteiger partial charge in [-0.2, -0.15) is 5.10 Å². The summed E-state index contributed by atoms with van der Waals surface area (Å²) in [6.45, 7) is 2.92. The van der Waals surface area contributed by atoms with Crippen LogP contribution in [0.5, 0.6) is 0 Å². The maximum atomic E-state index is 12.8. The molecule has 0 radical (unpaired) electrons. The van der Waals surface area contributed by atoms with Crippen LogP contribution in [0.25, 0.3) is 0 Å². The summed E-state index contributed by atoms with van der Waals surface area (Å²) in [7, 11) is 1.82. The lowest BCUT2D eigenvalue weighted by Crippen LogP contribution is -2.55. The van der Waals surface area contributed by atoms with Crippen LogP contribution in [0, 0.1) is 5.41 Å². The van der Waals surface area contributed by atoms with Crippen LogP contribution in [-0.2, 0) is 18.3 Å². The standard InChI is InChI=1S/C19H26N6O2/c1-23-11-15(9-22-23)18(27)25-7-2-5-19(13-25)6-3-17(26)24(12-19)8-4-16-10-20-14-21-16/h9-11,14H,2-8,12-13H2,1H3,(H,20,21). The first-order valence-corrected chi connectivity index (χ1v) is 9.58. The molecule has 1 atom stereocenters. The largest absolute Gasteiger partial charge is 0.348 e. The number of piperidine rings is 2. The zero-order chi connectivity index (χ0) is 18.9. The van der Waals surface area contributed by atoms with Gasteiger partial charge in [0, 0.05) is 69.6 Å². The lowest BCUT2D eigenvalue weighted by molar-refractivity contribution is -0.138. The maximum absolute atomic E-state index is 12.8. The molecule has 2 aliphatic heterocycles. The van der Waals surface area contributed by atoms with E-state index in [-0.39, 0.29) is 17.2 Å². The number of aromatic nitrogens is 4. The topological polar surface area (TPSA) is 87.1 Å². The molecule has 2 fully saturated rings. The van der Waals surface area contributed by atoms with Crippen molar-refractivity contribution >= 4 is 11.8 Å². The molecule has 144 valence electrons. The van der Waals surface area contributed by atoms with Crippen molar-refractivity contribution in [3.8, 4) is 0 Å². The summed E-state index contributed by atoms with van der Waals surface area (Å²) in [4.78, 5) is 36.3. The minimum Gasteiger partial charge on any atom is -0.348 e. The van der Waals surface area contributed by atoms with Crippen molar-refractivity contribution in [2.24, 2.45) is 12.5 Å². The molecule has 1 N–H and O–H groups in total. The number of H-pyrrole nitrogens is 1. The molecule has 4 heterocycles. The molecule has 8 nitrogen and oxygen atoms in total. The molecule has 2 aromatic rings. The Balaban J connectivity index is 1.43. The zero-order valence-corrected chi connectivity index (χ0v) is 15.7. The molecule has 0 bridgehead atoms. The second-order valence-corrected chi connectivity index (χ2v) is 7.88. The predicted molar refractivity (Wildman–Crippen MR) is 98.9 cm³/mol. The van der Waals surface area contributed by atoms with E-state index in [0.29, 0.717) is 25.1 Å². The molecule has 4 rings (SSSR count). The highest BCUT2D eigenvalue weighted by Crippen LogP contribution is 2.39. The summed E-state index contributed by atoms with van der Waals surface area (Å²) in [5, 5.41) is 4.12. The fourth-order valence-electron chi connectivity index (χ4n) is 4.41. The number of carbonyl (C=O) groups excluding carboxylic acids is 2. The van der Waals surface area contributed by atoms with Crippen molar-refractivity contribution in [1.29, 1.82) is 0 Å². The SMILES string of the molecule is Cn1cc(C(=O)N2CCCC3(CCC(=O)N(CCc4cnc[nH]4)C3)C2)cn1. The number of aryl methyl sites for hydroxylation is 1. The van der Waals surface area contributed by atoms with Crippen molar-refractivity contribution in [2.75, 3.05) is 26.2 Å². The first-order valence-electron chi connectivity index (χ1n) is 9.58. The van der Waals surface area contributed by atoms with E-state index in [2.05, 4.69) is 15.1 Å². The van der Waals surface area contributed by atoms with Gasteiger partial charge in [-0.15, -0.1) is 0 Å². The highest BCUT2D eigenvalue weighted by Gasteiger charge is 2.42. The first kappa shape index (κ1) is 17.8. The summed E-state index contributed by atoms with van der Waals surface area (Å²) in [6.07, 6.45) is 11.1. The highest BCUT2D eigenvalue weighted by molar-refractivity contribution is 5.93. The van der Waals surface area contributed by atoms with Crippen molar-refractivity contribution in [3.63, 3.8) is 0 Å². The molecule has 0 aliphatic carbocycles. The highest BCUT2D eigenvalue weighted by atomic mass is 16.2. The summed E-state index contributed by atoms with van der Waals surface area (Å²) >= 11 is 0. The third-order valence-corrected chi connectivity index (χ3v) is 5.85. The van der Waals surface area contributed by atoms with Gasteiger partial charge in [0.15, 0.2) is 0 Å². The Kier molecular flexibility index (Phi) is 4.72. The van der Waals surface area contributed by atoms with Gasteiger partial charge in [0.25, 0.3) is 5.91 Å². The Bertz CT molecular complexity index is 814. The molecule has 1 unspecified atom stereocenters. The summed E-state index contributed by atoms with van der Waals surface area (Å²) < 4.78 is 1.66. The number of carbonyl (C=O) groups is 2. The van der Waals surface area contributed by atoms with Gasteiger partial charge in [0.1, 0.15) is 0 Å². The van der Waals surface area contributed by atoms with E-state index in [4.69, 9.17) is 0 Å². The lowest BCUT2D eigenvalue weighted by Gasteiger charge is -2.48. The second-order valence-electron chi connectivity index (χ2n) is 7.88. The van der Waals surface area contributed by atoms with E-state index in [1.54, 1.807) is 29.6 Å². The van der Waals surface area contributed by atoms with E-state index >= 15 is 0 Å². The van der Waals surface area contributed by atoms with Gasteiger partial charge in [-0.1, -0.05) is 0 Å². The smallest absolute Gasteiger partial charge is 0.257 e. The number of amides is 2. The number of nitrogens with zero attached hydrogens (tertiary/aromatic N) is 5. The van der Waals surface area contributed by atoms with Crippen LogP contribution < -0.4 is 0 Å². The molecule has 2 aliphatic rings. The Morgan fingerprint density at radius 2 is 2.19 bits per heavy atom. The van der Waals surface area contributed by atoms with Gasteiger partial charge in [0.2, 0.25) is 5.91 Å². The summed E-state index contributed by atoms with van der Waals surface area (Å²) in [6, 6.07) is 0. The van der Waals surface area contributed by atoms with Crippen LogP contribution in [0.15, 0.2) is 24.9 Å². The molecule has 0 aromatic carbocycles. The maximum Gasteiger partial charge on any atom is 0.257 e. The van der Waals surface area contributed by atoms with Gasteiger partial charge in [-0.3, -0.25) is 14.3 Å². The average molecular weight is 370 g/mol. The zero-order valence-electron chi connectivity index (χ0n) is 15.7. The van der Waals surface area contributed by atoms with Crippen molar-refractivity contribution < 1.29 is 9.59 Å². The molecule has 2 saturated heterocycles. The average Bonchev–Trinajstić information content (AvgIpc) is 3.34. The second kappa shape index (κ2) is 7.17. The lowest BCUT2D eigenvalue weighted by atomic mass is 9.73. The minimum atomic E-state index is 0.0119. The molecule has 2 amide bonds. The quantitative estimate of drug-likeness (QED) is 0.877. The third kappa shape index (κ3) is 3.74. The van der Waals surface area contributed by atoms with Crippen LogP contribution >= 0.6 is 0 Å². The predicted octanol–water partition coefficient (Wildman–Crippen LogP) is 1.23. The third-order valence-electron chi connectivity index (χ3n) is 5.85. The summed E-state index contributed by atoms with van der Waals surface area (Å²) in [5.41, 5.74) is 1.69. The Morgan fingerprint density at radius 3 is 2.93 bits per heavy atom. The van der Waals surface area contributed by atoms with E-state index in [1.165, 1.54) is 0 Å². The van der Waals surface area contributed by atoms with Crippen LogP contribution in [-0.4, -0.2) is 67.5 Å². The molecule has 27 heavy (non-hydrogen) atoms. The summed E-state index contributed by atoms with van der Waals surface area (Å²) in [5.74, 6) is 0.263. The van der Waals surface area contributed by atoms with Crippen molar-refractivity contribution in [3.05, 3.63) is 36.2 Å². The van der Waals surface area contributed by atoms with Gasteiger partial charge in [0.05, 0.1) is 18.1 Å². The number of aromatic amines is 1. The van der Waals surface area contributed by atoms with E-state index < -0.39 is 0 Å². The van der Waals surface area contributed by atoms with Gasteiger partial charge in [-0.25, -0.2) is 4.98 Å². The molecule has 1 spiro atoms. The first-order chi connectivity index (χ1) is 13.0. The van der Waals surface area contributed by atoms with Crippen molar-refractivity contribution in [1.82, 2.24) is 29.5 Å². The fraction of sp³-hybridized carbons (Fsp3) is 0.579. The van der Waals surface area contributed by atoms with Crippen LogP contribution in [0.4, 0.5) is 0 Å². The number of likely N-dealkylation sites (tertiary alicyclic amines) is 2. The van der Waals surface area contributed by atoms with Gasteiger partial charge in [-0.05, 0) is 19.3 Å². The Morgan fingerprint density at radius 1 is 1.30 bits per heavy atom. The normalized spacial score (nSPS) is 23.2. The van der Waals surface area contributed by atoms with E-state index in [1.807, 2.05) is 16.8 Å². The monoisotopic (exact) mass is 370 g/mol. The molecule has 2 aromatic heterocycles.